The maximum absolute atomic E-state index is 12.7. The Morgan fingerprint density at radius 3 is 2.77 bits per heavy atom. The minimum Gasteiger partial charge on any atom is -0.471 e. The molecular formula is C18H14F3N3O2. The van der Waals surface area contributed by atoms with Crippen LogP contribution in [0.4, 0.5) is 13.2 Å². The number of carbonyl (C=O) groups excluding carboxylic acids is 1. The smallest absolute Gasteiger partial charge is 0.416 e. The summed E-state index contributed by atoms with van der Waals surface area (Å²) in [7, 11) is 0. The Balaban J connectivity index is 1.53. The van der Waals surface area contributed by atoms with Gasteiger partial charge in [0.05, 0.1) is 36.7 Å². The largest absolute Gasteiger partial charge is 0.471 e. The Morgan fingerprint density at radius 2 is 2.08 bits per heavy atom. The van der Waals surface area contributed by atoms with E-state index in [0.29, 0.717) is 30.1 Å². The van der Waals surface area contributed by atoms with Crippen LogP contribution in [-0.4, -0.2) is 35.0 Å². The Bertz CT molecular complexity index is 855. The Morgan fingerprint density at radius 1 is 1.31 bits per heavy atom. The molecule has 0 bridgehead atoms. The van der Waals surface area contributed by atoms with E-state index in [-0.39, 0.29) is 18.4 Å². The first kappa shape index (κ1) is 17.7. The van der Waals surface area contributed by atoms with Crippen LogP contribution in [0.1, 0.15) is 16.7 Å². The van der Waals surface area contributed by atoms with Crippen LogP contribution >= 0.6 is 0 Å². The van der Waals surface area contributed by atoms with E-state index >= 15 is 0 Å². The van der Waals surface area contributed by atoms with Crippen LogP contribution < -0.4 is 4.74 Å². The lowest BCUT2D eigenvalue weighted by Gasteiger charge is -2.38. The van der Waals surface area contributed by atoms with Crippen LogP contribution in [0.15, 0.2) is 42.6 Å². The number of benzene rings is 1. The average molecular weight is 361 g/mol. The second-order valence-electron chi connectivity index (χ2n) is 5.91. The summed E-state index contributed by atoms with van der Waals surface area (Å²) < 4.78 is 43.7. The summed E-state index contributed by atoms with van der Waals surface area (Å²) in [5, 5.41) is 8.84. The zero-order valence-electron chi connectivity index (χ0n) is 13.5. The quantitative estimate of drug-likeness (QED) is 0.840. The van der Waals surface area contributed by atoms with Crippen molar-refractivity contribution in [2.24, 2.45) is 0 Å². The number of alkyl halides is 3. The van der Waals surface area contributed by atoms with Crippen molar-refractivity contribution in [3.05, 3.63) is 59.3 Å². The number of aromatic nitrogens is 1. The van der Waals surface area contributed by atoms with Crippen molar-refractivity contribution in [1.82, 2.24) is 9.88 Å². The molecule has 5 nitrogen and oxygen atoms in total. The highest BCUT2D eigenvalue weighted by Gasteiger charge is 2.33. The molecule has 1 amide bonds. The molecule has 1 aliphatic rings. The number of nitriles is 1. The molecule has 2 heterocycles. The number of hydrogen-bond acceptors (Lipinski definition) is 4. The van der Waals surface area contributed by atoms with Gasteiger partial charge in [-0.25, -0.2) is 4.98 Å². The van der Waals surface area contributed by atoms with E-state index in [2.05, 4.69) is 4.98 Å². The van der Waals surface area contributed by atoms with Gasteiger partial charge in [0.25, 0.3) is 0 Å². The molecule has 1 fully saturated rings. The van der Waals surface area contributed by atoms with Crippen LogP contribution in [0.25, 0.3) is 0 Å². The summed E-state index contributed by atoms with van der Waals surface area (Å²) in [6.45, 7) is 0.659. The zero-order chi connectivity index (χ0) is 18.7. The highest BCUT2D eigenvalue weighted by molar-refractivity contribution is 5.79. The van der Waals surface area contributed by atoms with Gasteiger partial charge in [-0.3, -0.25) is 4.79 Å². The van der Waals surface area contributed by atoms with E-state index in [1.165, 1.54) is 29.3 Å². The Hall–Kier alpha value is -3.08. The second kappa shape index (κ2) is 7.04. The third kappa shape index (κ3) is 4.11. The Kier molecular flexibility index (Phi) is 4.80. The van der Waals surface area contributed by atoms with Crippen molar-refractivity contribution in [3.8, 4) is 11.9 Å². The van der Waals surface area contributed by atoms with Gasteiger partial charge in [0.1, 0.15) is 6.10 Å². The van der Waals surface area contributed by atoms with Gasteiger partial charge < -0.3 is 9.64 Å². The van der Waals surface area contributed by atoms with E-state index in [1.54, 1.807) is 6.07 Å². The van der Waals surface area contributed by atoms with Crippen LogP contribution in [0, 0.1) is 11.3 Å². The van der Waals surface area contributed by atoms with Crippen LogP contribution in [0.2, 0.25) is 0 Å². The first-order valence-corrected chi connectivity index (χ1v) is 7.82. The minimum absolute atomic E-state index is 0.0984. The van der Waals surface area contributed by atoms with Crippen molar-refractivity contribution in [1.29, 1.82) is 5.26 Å². The molecule has 0 N–H and O–H groups in total. The fourth-order valence-corrected chi connectivity index (χ4v) is 2.57. The standard InChI is InChI=1S/C18H14F3N3O2/c19-18(20,21)14-3-1-2-12(6-14)8-17(25)24-10-15(11-24)26-16-7-13(9-22)4-5-23-16/h1-7,15H,8,10-11H2. The van der Waals surface area contributed by atoms with Gasteiger partial charge in [0.15, 0.2) is 0 Å². The van der Waals surface area contributed by atoms with Crippen molar-refractivity contribution in [2.45, 2.75) is 18.7 Å². The molecule has 0 unspecified atom stereocenters. The van der Waals surface area contributed by atoms with Gasteiger partial charge in [-0.1, -0.05) is 18.2 Å². The first-order valence-electron chi connectivity index (χ1n) is 7.82. The minimum atomic E-state index is -4.43. The average Bonchev–Trinajstić information content (AvgIpc) is 2.57. The van der Waals surface area contributed by atoms with E-state index in [4.69, 9.17) is 10.00 Å². The number of amides is 1. The molecule has 0 atom stereocenters. The van der Waals surface area contributed by atoms with E-state index < -0.39 is 11.7 Å². The molecule has 0 aliphatic carbocycles. The fraction of sp³-hybridized carbons (Fsp3) is 0.278. The molecule has 1 aromatic heterocycles. The molecule has 2 aromatic rings. The van der Waals surface area contributed by atoms with Crippen molar-refractivity contribution >= 4 is 5.91 Å². The molecule has 3 rings (SSSR count). The normalized spacial score (nSPS) is 14.5. The van der Waals surface area contributed by atoms with Crippen LogP contribution in [-0.2, 0) is 17.4 Å². The lowest BCUT2D eigenvalue weighted by atomic mass is 10.1. The molecular weight excluding hydrogens is 347 g/mol. The summed E-state index contributed by atoms with van der Waals surface area (Å²) in [4.78, 5) is 17.7. The van der Waals surface area contributed by atoms with Gasteiger partial charge in [0.2, 0.25) is 11.8 Å². The highest BCUT2D eigenvalue weighted by atomic mass is 19.4. The number of pyridine rings is 1. The van der Waals surface area contributed by atoms with Crippen molar-refractivity contribution in [3.63, 3.8) is 0 Å². The Labute approximate surface area is 147 Å². The third-order valence-corrected chi connectivity index (χ3v) is 3.96. The fourth-order valence-electron chi connectivity index (χ4n) is 2.57. The number of carbonyl (C=O) groups is 1. The lowest BCUT2D eigenvalue weighted by molar-refractivity contribution is -0.140. The van der Waals surface area contributed by atoms with Gasteiger partial charge >= 0.3 is 6.18 Å². The van der Waals surface area contributed by atoms with Gasteiger partial charge in [-0.2, -0.15) is 18.4 Å². The number of rotatable bonds is 4. The molecule has 134 valence electrons. The lowest BCUT2D eigenvalue weighted by Crippen LogP contribution is -2.56. The number of halogens is 3. The number of nitrogens with zero attached hydrogens (tertiary/aromatic N) is 3. The van der Waals surface area contributed by atoms with Crippen molar-refractivity contribution in [2.75, 3.05) is 13.1 Å². The molecule has 1 aliphatic heterocycles. The zero-order valence-corrected chi connectivity index (χ0v) is 13.5. The maximum atomic E-state index is 12.7. The van der Waals surface area contributed by atoms with Crippen LogP contribution in [0.5, 0.6) is 5.88 Å². The summed E-state index contributed by atoms with van der Waals surface area (Å²) >= 11 is 0. The number of hydrogen-bond donors (Lipinski definition) is 0. The molecule has 26 heavy (non-hydrogen) atoms. The molecule has 0 saturated carbocycles. The van der Waals surface area contributed by atoms with Gasteiger partial charge in [-0.15, -0.1) is 0 Å². The predicted molar refractivity (Wildman–Crippen MR) is 85.1 cm³/mol. The monoisotopic (exact) mass is 361 g/mol. The molecule has 1 aromatic carbocycles. The van der Waals surface area contributed by atoms with E-state index in [1.807, 2.05) is 6.07 Å². The molecule has 8 heteroatoms. The first-order chi connectivity index (χ1) is 12.3. The van der Waals surface area contributed by atoms with Gasteiger partial charge in [0, 0.05) is 12.3 Å². The topological polar surface area (TPSA) is 66.2 Å². The highest BCUT2D eigenvalue weighted by Crippen LogP contribution is 2.29. The van der Waals surface area contributed by atoms with E-state index in [0.717, 1.165) is 12.1 Å². The summed E-state index contributed by atoms with van der Waals surface area (Å²) in [6.07, 6.45) is -3.32. The summed E-state index contributed by atoms with van der Waals surface area (Å²) in [5.74, 6) is 0.0435. The molecule has 0 spiro atoms. The summed E-state index contributed by atoms with van der Waals surface area (Å²) in [6, 6.07) is 9.80. The second-order valence-corrected chi connectivity index (χ2v) is 5.91. The maximum Gasteiger partial charge on any atom is 0.416 e. The van der Waals surface area contributed by atoms with Gasteiger partial charge in [-0.05, 0) is 17.7 Å². The van der Waals surface area contributed by atoms with Crippen LogP contribution in [0.3, 0.4) is 0 Å². The molecule has 0 radical (unpaired) electrons. The third-order valence-electron chi connectivity index (χ3n) is 3.96. The number of likely N-dealkylation sites (tertiary alicyclic amines) is 1. The SMILES string of the molecule is N#Cc1ccnc(OC2CN(C(=O)Cc3cccc(C(F)(F)F)c3)C2)c1. The molecule has 1 saturated heterocycles. The van der Waals surface area contributed by atoms with E-state index in [9.17, 15) is 18.0 Å². The predicted octanol–water partition coefficient (Wildman–Crippen LogP) is 2.80. The summed E-state index contributed by atoms with van der Waals surface area (Å²) in [5.41, 5.74) is -0.0274. The van der Waals surface area contributed by atoms with Crippen molar-refractivity contribution < 1.29 is 22.7 Å². The number of ether oxygens (including phenoxy) is 1.